The molecule has 0 atom stereocenters. The molecule has 0 amide bonds. The number of hydrogen-bond acceptors (Lipinski definition) is 4. The Hall–Kier alpha value is -4.00. The molecule has 4 aromatic rings. The van der Waals surface area contributed by atoms with Gasteiger partial charge in [0.2, 0.25) is 0 Å². The quantitative estimate of drug-likeness (QED) is 0.457. The van der Waals surface area contributed by atoms with E-state index in [0.717, 1.165) is 21.4 Å². The summed E-state index contributed by atoms with van der Waals surface area (Å²) >= 11 is 0. The molecule has 0 saturated heterocycles. The molecule has 2 aromatic heterocycles. The number of aromatic nitrogens is 3. The van der Waals surface area contributed by atoms with E-state index in [4.69, 9.17) is 4.74 Å². The van der Waals surface area contributed by atoms with Crippen LogP contribution in [0, 0.1) is 5.41 Å². The van der Waals surface area contributed by atoms with Gasteiger partial charge >= 0.3 is 5.69 Å². The van der Waals surface area contributed by atoms with Gasteiger partial charge in [-0.1, -0.05) is 56.3 Å². The lowest BCUT2D eigenvalue weighted by molar-refractivity contribution is -0.365. The van der Waals surface area contributed by atoms with E-state index in [1.54, 1.807) is 7.05 Å². The normalized spacial score (nSPS) is 14.7. The largest absolute Gasteiger partial charge is 0.489 e. The Balaban J connectivity index is 1.69. The minimum atomic E-state index is -0.431. The molecule has 0 saturated carbocycles. The maximum atomic E-state index is 13.4. The first-order chi connectivity index (χ1) is 16.7. The van der Waals surface area contributed by atoms with Gasteiger partial charge in [-0.25, -0.2) is 14.3 Å². The highest BCUT2D eigenvalue weighted by atomic mass is 16.5. The van der Waals surface area contributed by atoms with Gasteiger partial charge in [-0.15, -0.1) is 0 Å². The van der Waals surface area contributed by atoms with E-state index in [1.165, 1.54) is 11.6 Å². The van der Waals surface area contributed by atoms with Crippen molar-refractivity contribution < 1.29 is 14.5 Å². The lowest BCUT2D eigenvalue weighted by Crippen LogP contribution is -2.42. The number of ketones is 1. The summed E-state index contributed by atoms with van der Waals surface area (Å²) in [7, 11) is 3.09. The molecule has 0 spiro atoms. The van der Waals surface area contributed by atoms with E-state index in [9.17, 15) is 14.4 Å². The number of benzene rings is 2. The van der Waals surface area contributed by atoms with Gasteiger partial charge in [0.15, 0.2) is 5.78 Å². The molecule has 0 radical (unpaired) electrons. The maximum Gasteiger partial charge on any atom is 0.417 e. The van der Waals surface area contributed by atoms with E-state index in [2.05, 4.69) is 4.98 Å². The van der Waals surface area contributed by atoms with Crippen molar-refractivity contribution in [3.8, 4) is 16.9 Å². The average molecular weight is 471 g/mol. The van der Waals surface area contributed by atoms with Crippen molar-refractivity contribution in [2.45, 2.75) is 33.3 Å². The van der Waals surface area contributed by atoms with E-state index in [0.29, 0.717) is 47.4 Å². The van der Waals surface area contributed by atoms with Gasteiger partial charge in [0.1, 0.15) is 23.4 Å². The molecule has 1 N–H and O–H groups in total. The molecule has 7 heteroatoms. The van der Waals surface area contributed by atoms with Crippen LogP contribution in [0.4, 0.5) is 0 Å². The lowest BCUT2D eigenvalue weighted by Gasteiger charge is -2.29. The van der Waals surface area contributed by atoms with Crippen molar-refractivity contribution in [1.29, 1.82) is 0 Å². The summed E-state index contributed by atoms with van der Waals surface area (Å²) < 4.78 is 8.44. The number of rotatable bonds is 4. The molecule has 1 aliphatic carbocycles. The molecule has 35 heavy (non-hydrogen) atoms. The zero-order valence-corrected chi connectivity index (χ0v) is 20.3. The maximum absolute atomic E-state index is 13.4. The Morgan fingerprint density at radius 1 is 0.886 bits per heavy atom. The van der Waals surface area contributed by atoms with Crippen LogP contribution in [-0.2, 0) is 27.1 Å². The minimum absolute atomic E-state index is 0.00953. The molecule has 0 aliphatic heterocycles. The van der Waals surface area contributed by atoms with Crippen LogP contribution in [-0.4, -0.2) is 14.9 Å². The third-order valence-corrected chi connectivity index (χ3v) is 6.70. The highest BCUT2D eigenvalue weighted by molar-refractivity contribution is 6.09. The highest BCUT2D eigenvalue weighted by Gasteiger charge is 2.38. The van der Waals surface area contributed by atoms with Gasteiger partial charge in [-0.3, -0.25) is 9.59 Å². The molecule has 0 unspecified atom stereocenters. The molecule has 7 nitrogen and oxygen atoms in total. The van der Waals surface area contributed by atoms with Gasteiger partial charge in [0.25, 0.3) is 11.2 Å². The van der Waals surface area contributed by atoms with Crippen molar-refractivity contribution in [1.82, 2.24) is 9.13 Å². The van der Waals surface area contributed by atoms with E-state index < -0.39 is 11.2 Å². The Morgan fingerprint density at radius 2 is 1.57 bits per heavy atom. The topological polar surface area (TPSA) is 84.4 Å². The first kappa shape index (κ1) is 22.8. The smallest absolute Gasteiger partial charge is 0.417 e. The van der Waals surface area contributed by atoms with Gasteiger partial charge in [0, 0.05) is 25.5 Å². The van der Waals surface area contributed by atoms with Crippen LogP contribution in [0.1, 0.15) is 41.9 Å². The molecule has 1 aliphatic rings. The lowest BCUT2D eigenvalue weighted by atomic mass is 9.73. The van der Waals surface area contributed by atoms with Gasteiger partial charge in [0.05, 0.1) is 12.6 Å². The predicted molar refractivity (Wildman–Crippen MR) is 134 cm³/mol. The number of carbonyl (C=O) groups is 1. The number of fused-ring (bicyclic) bond motifs is 2. The number of nitrogens with one attached hydrogen (secondary N) is 1. The van der Waals surface area contributed by atoms with Crippen molar-refractivity contribution in [3.05, 3.63) is 92.3 Å². The summed E-state index contributed by atoms with van der Waals surface area (Å²) in [5, 5.41) is 0.333. The third kappa shape index (κ3) is 3.97. The Labute approximate surface area is 202 Å². The number of aromatic amines is 1. The number of aryl methyl sites for hydroxylation is 1. The monoisotopic (exact) mass is 470 g/mol. The van der Waals surface area contributed by atoms with Gasteiger partial charge in [-0.2, -0.15) is 4.57 Å². The zero-order valence-electron chi connectivity index (χ0n) is 20.3. The molecule has 0 bridgehead atoms. The van der Waals surface area contributed by atoms with Crippen molar-refractivity contribution in [2.24, 2.45) is 19.5 Å². The second kappa shape index (κ2) is 8.34. The number of hydrogen-bond donors (Lipinski definition) is 0. The Kier molecular flexibility index (Phi) is 5.43. The number of carbonyl (C=O) groups excluding carboxylic acids is 1. The summed E-state index contributed by atoms with van der Waals surface area (Å²) in [6.45, 7) is 4.54. The van der Waals surface area contributed by atoms with Gasteiger partial charge in [-0.05, 0) is 28.7 Å². The molecular formula is C28H28N3O4+. The van der Waals surface area contributed by atoms with Gasteiger partial charge < -0.3 is 4.74 Å². The summed E-state index contributed by atoms with van der Waals surface area (Å²) in [6, 6.07) is 17.3. The second-order valence-corrected chi connectivity index (χ2v) is 10.0. The van der Waals surface area contributed by atoms with Crippen LogP contribution in [0.3, 0.4) is 0 Å². The van der Waals surface area contributed by atoms with Crippen LogP contribution >= 0.6 is 0 Å². The molecule has 2 heterocycles. The number of nitrogens with zero attached hydrogens (tertiary/aromatic N) is 2. The molecule has 2 aromatic carbocycles. The molecule has 0 fully saturated rings. The summed E-state index contributed by atoms with van der Waals surface area (Å²) in [4.78, 5) is 42.7. The molecule has 178 valence electrons. The Morgan fingerprint density at radius 3 is 2.26 bits per heavy atom. The van der Waals surface area contributed by atoms with Crippen molar-refractivity contribution in [2.75, 3.05) is 0 Å². The number of ether oxygens (including phenoxy) is 1. The van der Waals surface area contributed by atoms with Crippen LogP contribution < -0.4 is 21.0 Å². The van der Waals surface area contributed by atoms with E-state index in [1.807, 2.05) is 68.4 Å². The first-order valence-corrected chi connectivity index (χ1v) is 11.6. The minimum Gasteiger partial charge on any atom is -0.489 e. The molecule has 5 rings (SSSR count). The number of pyridine rings is 1. The summed E-state index contributed by atoms with van der Waals surface area (Å²) in [5.41, 5.74) is 2.99. The van der Waals surface area contributed by atoms with E-state index in [-0.39, 0.29) is 11.2 Å². The number of Topliss-reactive ketones (excluding diaryl/α,β-unsaturated/α-hetero) is 1. The Bertz CT molecular complexity index is 1580. The zero-order chi connectivity index (χ0) is 24.9. The average Bonchev–Trinajstić information content (AvgIpc) is 2.84. The summed E-state index contributed by atoms with van der Waals surface area (Å²) in [5.74, 6) is 0.677. The third-order valence-electron chi connectivity index (χ3n) is 6.70. The fourth-order valence-corrected chi connectivity index (χ4v) is 4.95. The van der Waals surface area contributed by atoms with Crippen molar-refractivity contribution >= 4 is 16.8 Å². The number of H-pyrrole nitrogens is 1. The van der Waals surface area contributed by atoms with Crippen molar-refractivity contribution in [3.63, 3.8) is 0 Å². The van der Waals surface area contributed by atoms with Crippen LogP contribution in [0.5, 0.6) is 5.75 Å². The standard InChI is InChI=1S/C28H27N3O4/c1-28(2)14-20-23(21(32)15-28)22(24-25(29-20)30(3)27(34)31(4)26(24)33)18-10-12-19(13-11-18)35-16-17-8-6-5-7-9-17/h5-13H,14-16H2,1-4H3/p+1. The first-order valence-electron chi connectivity index (χ1n) is 11.6. The van der Waals surface area contributed by atoms with Crippen LogP contribution in [0.25, 0.3) is 22.2 Å². The van der Waals surface area contributed by atoms with E-state index >= 15 is 0 Å². The van der Waals surface area contributed by atoms with Crippen LogP contribution in [0.15, 0.2) is 64.2 Å². The molecular weight excluding hydrogens is 442 g/mol. The summed E-state index contributed by atoms with van der Waals surface area (Å²) in [6.07, 6.45) is 1.02. The predicted octanol–water partition coefficient (Wildman–Crippen LogP) is 3.45. The second-order valence-electron chi connectivity index (χ2n) is 10.0. The highest BCUT2D eigenvalue weighted by Crippen LogP contribution is 2.39. The SMILES string of the molecule is Cn1c(=O)c2c(-c3ccc(OCc4ccccc4)cc3)c3c([nH+]c2n(C)c1=O)CC(C)(C)CC3=O. The fraction of sp³-hybridized carbons (Fsp3) is 0.286. The van der Waals surface area contributed by atoms with Crippen LogP contribution in [0.2, 0.25) is 0 Å². The fourth-order valence-electron chi connectivity index (χ4n) is 4.95.